The van der Waals surface area contributed by atoms with Gasteiger partial charge in [0.1, 0.15) is 5.82 Å². The molecule has 3 heterocycles. The van der Waals surface area contributed by atoms with E-state index >= 15 is 0 Å². The molecule has 1 aliphatic heterocycles. The quantitative estimate of drug-likeness (QED) is 0.645. The van der Waals surface area contributed by atoms with E-state index in [0.29, 0.717) is 37.0 Å². The average molecular weight is 419 g/mol. The molecule has 0 N–H and O–H groups in total. The number of aryl methyl sites for hydroxylation is 1. The first kappa shape index (κ1) is 18.9. The molecule has 0 bridgehead atoms. The molecule has 0 unspecified atom stereocenters. The van der Waals surface area contributed by atoms with Crippen LogP contribution in [0.3, 0.4) is 0 Å². The molecule has 2 aromatic heterocycles. The fraction of sp³-hybridized carbons (Fsp3) is 0.278. The Kier molecular flexibility index (Phi) is 5.05. The van der Waals surface area contributed by atoms with Gasteiger partial charge in [0.2, 0.25) is 10.0 Å². The molecule has 1 aromatic carbocycles. The number of anilines is 1. The van der Waals surface area contributed by atoms with Crippen LogP contribution in [-0.2, 0) is 10.0 Å². The van der Waals surface area contributed by atoms with Gasteiger partial charge in [-0.1, -0.05) is 17.7 Å². The van der Waals surface area contributed by atoms with E-state index in [1.165, 1.54) is 10.4 Å². The van der Waals surface area contributed by atoms with Gasteiger partial charge in [0, 0.05) is 43.6 Å². The number of hydrogen-bond donors (Lipinski definition) is 0. The molecular formula is C18H19ClN6O2S. The van der Waals surface area contributed by atoms with Crippen LogP contribution in [0.5, 0.6) is 0 Å². The van der Waals surface area contributed by atoms with Gasteiger partial charge in [-0.15, -0.1) is 10.2 Å². The van der Waals surface area contributed by atoms with Crippen LogP contribution in [-0.4, -0.2) is 58.7 Å². The molecule has 10 heteroatoms. The van der Waals surface area contributed by atoms with Crippen molar-refractivity contribution in [3.05, 3.63) is 59.6 Å². The standard InChI is InChI=1S/C18H19ClN6O2S/c1-14-20-7-8-25(14)18-6-5-17(21-22-18)23-9-11-24(12-10-23)28(26,27)16-4-2-3-15(19)13-16/h2-8,13H,9-12H2,1H3. The van der Waals surface area contributed by atoms with Crippen LogP contribution >= 0.6 is 11.6 Å². The molecule has 3 aromatic rings. The lowest BCUT2D eigenvalue weighted by Crippen LogP contribution is -2.49. The first-order chi connectivity index (χ1) is 13.4. The van der Waals surface area contributed by atoms with Crippen LogP contribution in [0.25, 0.3) is 5.82 Å². The van der Waals surface area contributed by atoms with Crippen molar-refractivity contribution in [1.29, 1.82) is 0 Å². The molecule has 146 valence electrons. The number of hydrogen-bond acceptors (Lipinski definition) is 6. The largest absolute Gasteiger partial charge is 0.352 e. The van der Waals surface area contributed by atoms with Crippen LogP contribution in [0.1, 0.15) is 5.82 Å². The van der Waals surface area contributed by atoms with E-state index < -0.39 is 10.0 Å². The van der Waals surface area contributed by atoms with Gasteiger partial charge < -0.3 is 4.90 Å². The van der Waals surface area contributed by atoms with Crippen molar-refractivity contribution in [1.82, 2.24) is 24.1 Å². The molecular weight excluding hydrogens is 400 g/mol. The molecule has 1 saturated heterocycles. The normalized spacial score (nSPS) is 15.7. The Balaban J connectivity index is 1.45. The highest BCUT2D eigenvalue weighted by Gasteiger charge is 2.29. The van der Waals surface area contributed by atoms with Gasteiger partial charge in [-0.25, -0.2) is 13.4 Å². The molecule has 0 atom stereocenters. The predicted octanol–water partition coefficient (Wildman–Crippen LogP) is 2.14. The van der Waals surface area contributed by atoms with Gasteiger partial charge in [0.25, 0.3) is 0 Å². The van der Waals surface area contributed by atoms with Crippen LogP contribution in [0.2, 0.25) is 5.02 Å². The molecule has 0 saturated carbocycles. The third-order valence-corrected chi connectivity index (χ3v) is 6.84. The molecule has 0 radical (unpaired) electrons. The van der Waals surface area contributed by atoms with Gasteiger partial charge in [-0.2, -0.15) is 4.31 Å². The molecule has 1 aliphatic rings. The van der Waals surface area contributed by atoms with Gasteiger partial charge >= 0.3 is 0 Å². The highest BCUT2D eigenvalue weighted by atomic mass is 35.5. The predicted molar refractivity (Wildman–Crippen MR) is 106 cm³/mol. The second-order valence-electron chi connectivity index (χ2n) is 6.44. The first-order valence-corrected chi connectivity index (χ1v) is 10.6. The summed E-state index contributed by atoms with van der Waals surface area (Å²) >= 11 is 5.94. The zero-order valence-corrected chi connectivity index (χ0v) is 16.8. The Hall–Kier alpha value is -2.49. The van der Waals surface area contributed by atoms with Crippen LogP contribution in [0, 0.1) is 6.92 Å². The molecule has 8 nitrogen and oxygen atoms in total. The maximum atomic E-state index is 12.8. The SMILES string of the molecule is Cc1nccn1-c1ccc(N2CCN(S(=O)(=O)c3cccc(Cl)c3)CC2)nn1. The third kappa shape index (κ3) is 3.60. The van der Waals surface area contributed by atoms with Crippen molar-refractivity contribution in [3.63, 3.8) is 0 Å². The summed E-state index contributed by atoms with van der Waals surface area (Å²) < 4.78 is 28.9. The minimum absolute atomic E-state index is 0.216. The lowest BCUT2D eigenvalue weighted by atomic mass is 10.3. The number of aromatic nitrogens is 4. The fourth-order valence-corrected chi connectivity index (χ4v) is 4.89. The minimum atomic E-state index is -3.56. The van der Waals surface area contributed by atoms with Crippen molar-refractivity contribution in [2.45, 2.75) is 11.8 Å². The van der Waals surface area contributed by atoms with E-state index in [2.05, 4.69) is 15.2 Å². The summed E-state index contributed by atoms with van der Waals surface area (Å²) in [5.41, 5.74) is 0. The Morgan fingerprint density at radius 2 is 1.71 bits per heavy atom. The van der Waals surface area contributed by atoms with Crippen molar-refractivity contribution in [3.8, 4) is 5.82 Å². The molecule has 0 amide bonds. The number of sulfonamides is 1. The van der Waals surface area contributed by atoms with Crippen molar-refractivity contribution >= 4 is 27.4 Å². The monoisotopic (exact) mass is 418 g/mol. The molecule has 0 spiro atoms. The van der Waals surface area contributed by atoms with Crippen LogP contribution in [0.4, 0.5) is 5.82 Å². The second-order valence-corrected chi connectivity index (χ2v) is 8.82. The van der Waals surface area contributed by atoms with Gasteiger partial charge in [-0.3, -0.25) is 4.57 Å². The van der Waals surface area contributed by atoms with Crippen LogP contribution < -0.4 is 4.90 Å². The summed E-state index contributed by atoms with van der Waals surface area (Å²) in [7, 11) is -3.56. The van der Waals surface area contributed by atoms with Gasteiger partial charge in [0.05, 0.1) is 4.90 Å². The lowest BCUT2D eigenvalue weighted by Gasteiger charge is -2.34. The highest BCUT2D eigenvalue weighted by Crippen LogP contribution is 2.22. The zero-order chi connectivity index (χ0) is 19.7. The third-order valence-electron chi connectivity index (χ3n) is 4.71. The first-order valence-electron chi connectivity index (χ1n) is 8.80. The smallest absolute Gasteiger partial charge is 0.243 e. The summed E-state index contributed by atoms with van der Waals surface area (Å²) in [6.07, 6.45) is 3.54. The highest BCUT2D eigenvalue weighted by molar-refractivity contribution is 7.89. The van der Waals surface area contributed by atoms with Crippen molar-refractivity contribution in [2.24, 2.45) is 0 Å². The minimum Gasteiger partial charge on any atom is -0.352 e. The number of nitrogens with zero attached hydrogens (tertiary/aromatic N) is 6. The summed E-state index contributed by atoms with van der Waals surface area (Å²) in [5, 5.41) is 8.97. The summed E-state index contributed by atoms with van der Waals surface area (Å²) in [4.78, 5) is 6.43. The van der Waals surface area contributed by atoms with E-state index in [4.69, 9.17) is 11.6 Å². The number of benzene rings is 1. The fourth-order valence-electron chi connectivity index (χ4n) is 3.17. The molecule has 28 heavy (non-hydrogen) atoms. The van der Waals surface area contributed by atoms with Crippen molar-refractivity contribution < 1.29 is 8.42 Å². The Bertz CT molecular complexity index is 1080. The summed E-state index contributed by atoms with van der Waals surface area (Å²) in [6, 6.07) is 10.1. The maximum Gasteiger partial charge on any atom is 0.243 e. The number of halogens is 1. The summed E-state index contributed by atoms with van der Waals surface area (Å²) in [5.74, 6) is 2.25. The number of piperazine rings is 1. The zero-order valence-electron chi connectivity index (χ0n) is 15.2. The van der Waals surface area contributed by atoms with Gasteiger partial charge in [-0.05, 0) is 37.3 Å². The molecule has 0 aliphatic carbocycles. The number of rotatable bonds is 4. The number of imidazole rings is 1. The second kappa shape index (κ2) is 7.50. The molecule has 4 rings (SSSR count). The van der Waals surface area contributed by atoms with Gasteiger partial charge in [0.15, 0.2) is 11.6 Å². The van der Waals surface area contributed by atoms with E-state index in [0.717, 1.165) is 11.6 Å². The Labute approximate surface area is 168 Å². The van der Waals surface area contributed by atoms with E-state index in [1.54, 1.807) is 24.4 Å². The summed E-state index contributed by atoms with van der Waals surface area (Å²) in [6.45, 7) is 3.73. The maximum absolute atomic E-state index is 12.8. The van der Waals surface area contributed by atoms with E-state index in [9.17, 15) is 8.42 Å². The average Bonchev–Trinajstić information content (AvgIpc) is 3.14. The van der Waals surface area contributed by atoms with Crippen LogP contribution in [0.15, 0.2) is 53.7 Å². The van der Waals surface area contributed by atoms with Crippen molar-refractivity contribution in [2.75, 3.05) is 31.1 Å². The topological polar surface area (TPSA) is 84.2 Å². The van der Waals surface area contributed by atoms with E-state index in [1.807, 2.05) is 34.7 Å². The molecule has 1 fully saturated rings. The van der Waals surface area contributed by atoms with E-state index in [-0.39, 0.29) is 4.90 Å². The Morgan fingerprint density at radius 3 is 2.32 bits per heavy atom. The lowest BCUT2D eigenvalue weighted by molar-refractivity contribution is 0.383. The Morgan fingerprint density at radius 1 is 1.00 bits per heavy atom.